The van der Waals surface area contributed by atoms with Crippen molar-refractivity contribution in [3.63, 3.8) is 0 Å². The first kappa shape index (κ1) is 18.9. The second kappa shape index (κ2) is 8.93. The summed E-state index contributed by atoms with van der Waals surface area (Å²) in [6, 6.07) is 0.385. The van der Waals surface area contributed by atoms with Gasteiger partial charge in [0.15, 0.2) is 0 Å². The molecule has 0 bridgehead atoms. The minimum Gasteiger partial charge on any atom is -0.389 e. The fraction of sp³-hybridized carbons (Fsp3) is 1.00. The van der Waals surface area contributed by atoms with E-state index in [0.717, 1.165) is 31.3 Å². The van der Waals surface area contributed by atoms with Crippen LogP contribution in [-0.4, -0.2) is 41.3 Å². The van der Waals surface area contributed by atoms with Crippen LogP contribution in [0.3, 0.4) is 0 Å². The second-order valence-electron chi connectivity index (χ2n) is 7.16. The number of nitrogens with two attached hydrogens (primary N) is 1. The van der Waals surface area contributed by atoms with Gasteiger partial charge in [0.1, 0.15) is 0 Å². The number of hydrogen-bond acceptors (Lipinski definition) is 3. The molecule has 0 saturated heterocycles. The quantitative estimate of drug-likeness (QED) is 0.643. The number of hydrogen-bond donors (Lipinski definition) is 2. The Labute approximate surface area is 120 Å². The van der Waals surface area contributed by atoms with Crippen molar-refractivity contribution in [1.82, 2.24) is 4.90 Å². The van der Waals surface area contributed by atoms with Crippen LogP contribution < -0.4 is 5.73 Å². The lowest BCUT2D eigenvalue weighted by molar-refractivity contribution is 0.0269. The van der Waals surface area contributed by atoms with Gasteiger partial charge in [0.2, 0.25) is 0 Å². The summed E-state index contributed by atoms with van der Waals surface area (Å²) < 4.78 is 0. The van der Waals surface area contributed by atoms with Crippen molar-refractivity contribution in [3.05, 3.63) is 0 Å². The molecule has 0 spiro atoms. The Balaban J connectivity index is 4.43. The zero-order valence-electron chi connectivity index (χ0n) is 13.9. The van der Waals surface area contributed by atoms with Gasteiger partial charge in [0.05, 0.1) is 5.60 Å². The fourth-order valence-corrected chi connectivity index (χ4v) is 2.25. The van der Waals surface area contributed by atoms with E-state index in [1.165, 1.54) is 12.8 Å². The van der Waals surface area contributed by atoms with Gasteiger partial charge in [-0.25, -0.2) is 0 Å². The highest BCUT2D eigenvalue weighted by molar-refractivity contribution is 4.81. The molecule has 2 atom stereocenters. The molecule has 0 saturated carbocycles. The molecule has 116 valence electrons. The lowest BCUT2D eigenvalue weighted by atomic mass is 9.96. The minimum atomic E-state index is -0.743. The van der Waals surface area contributed by atoms with Crippen LogP contribution in [0, 0.1) is 11.8 Å². The molecule has 0 radical (unpaired) electrons. The average Bonchev–Trinajstić information content (AvgIpc) is 2.27. The van der Waals surface area contributed by atoms with Gasteiger partial charge in [-0.05, 0) is 58.0 Å². The lowest BCUT2D eigenvalue weighted by Crippen LogP contribution is -2.44. The third-order valence-corrected chi connectivity index (χ3v) is 3.79. The molecule has 0 aliphatic carbocycles. The zero-order chi connectivity index (χ0) is 15.1. The molecule has 0 aromatic heterocycles. The minimum absolute atomic E-state index is 0.333. The van der Waals surface area contributed by atoms with Crippen LogP contribution in [0.5, 0.6) is 0 Å². The van der Waals surface area contributed by atoms with Gasteiger partial charge in [0.25, 0.3) is 0 Å². The summed E-state index contributed by atoms with van der Waals surface area (Å²) in [6.07, 6.45) is 3.18. The van der Waals surface area contributed by atoms with Crippen molar-refractivity contribution < 1.29 is 5.11 Å². The van der Waals surface area contributed by atoms with Gasteiger partial charge in [0, 0.05) is 12.6 Å². The number of rotatable bonds is 10. The van der Waals surface area contributed by atoms with E-state index < -0.39 is 5.60 Å². The van der Waals surface area contributed by atoms with Crippen LogP contribution >= 0.6 is 0 Å². The molecule has 2 unspecified atom stereocenters. The summed E-state index contributed by atoms with van der Waals surface area (Å²) in [5.74, 6) is 1.45. The van der Waals surface area contributed by atoms with E-state index in [1.807, 2.05) is 6.92 Å². The van der Waals surface area contributed by atoms with Gasteiger partial charge < -0.3 is 15.7 Å². The number of nitrogens with zero attached hydrogens (tertiary/aromatic N) is 1. The fourth-order valence-electron chi connectivity index (χ4n) is 2.25. The van der Waals surface area contributed by atoms with Crippen molar-refractivity contribution in [1.29, 1.82) is 0 Å². The topological polar surface area (TPSA) is 49.5 Å². The van der Waals surface area contributed by atoms with Crippen LogP contribution in [0.4, 0.5) is 0 Å². The molecule has 0 amide bonds. The van der Waals surface area contributed by atoms with E-state index in [2.05, 4.69) is 39.5 Å². The van der Waals surface area contributed by atoms with Gasteiger partial charge in [-0.2, -0.15) is 0 Å². The van der Waals surface area contributed by atoms with Gasteiger partial charge >= 0.3 is 0 Å². The van der Waals surface area contributed by atoms with Crippen LogP contribution in [0.25, 0.3) is 0 Å². The maximum absolute atomic E-state index is 10.1. The Hall–Kier alpha value is -0.120. The molecule has 0 heterocycles. The van der Waals surface area contributed by atoms with E-state index in [1.54, 1.807) is 0 Å². The predicted octanol–water partition coefficient (Wildman–Crippen LogP) is 2.87. The van der Waals surface area contributed by atoms with Crippen LogP contribution in [0.15, 0.2) is 0 Å². The third kappa shape index (κ3) is 9.42. The highest BCUT2D eigenvalue weighted by atomic mass is 16.3. The van der Waals surface area contributed by atoms with Crippen molar-refractivity contribution in [2.45, 2.75) is 72.4 Å². The lowest BCUT2D eigenvalue weighted by Gasteiger charge is -2.34. The third-order valence-electron chi connectivity index (χ3n) is 3.79. The summed E-state index contributed by atoms with van der Waals surface area (Å²) in [6.45, 7) is 15.7. The first-order valence-electron chi connectivity index (χ1n) is 7.84. The molecule has 0 aliphatic rings. The maximum Gasteiger partial charge on any atom is 0.0756 e. The molecular formula is C16H36N2O. The Kier molecular flexibility index (Phi) is 8.88. The molecule has 3 nitrogen and oxygen atoms in total. The first-order chi connectivity index (χ1) is 8.68. The maximum atomic E-state index is 10.1. The molecule has 0 aliphatic heterocycles. The van der Waals surface area contributed by atoms with Crippen molar-refractivity contribution in [2.24, 2.45) is 17.6 Å². The van der Waals surface area contributed by atoms with Crippen molar-refractivity contribution in [2.75, 3.05) is 19.6 Å². The molecular weight excluding hydrogens is 236 g/mol. The van der Waals surface area contributed by atoms with Crippen LogP contribution in [-0.2, 0) is 0 Å². The Bertz CT molecular complexity index is 215. The Morgan fingerprint density at radius 1 is 1.00 bits per heavy atom. The van der Waals surface area contributed by atoms with E-state index in [-0.39, 0.29) is 0 Å². The molecule has 0 aromatic rings. The van der Waals surface area contributed by atoms with Gasteiger partial charge in [-0.3, -0.25) is 0 Å². The molecule has 0 aromatic carbocycles. The second-order valence-corrected chi connectivity index (χ2v) is 7.16. The summed E-state index contributed by atoms with van der Waals surface area (Å²) in [7, 11) is 0. The standard InChI is InChI=1S/C16H36N2O/c1-13(2)7-9-18(10-8-14(3)4)15(5)11-16(6,19)12-17/h13-15,19H,7-12,17H2,1-6H3. The molecule has 3 heteroatoms. The predicted molar refractivity (Wildman–Crippen MR) is 84.2 cm³/mol. The van der Waals surface area contributed by atoms with Gasteiger partial charge in [-0.1, -0.05) is 27.7 Å². The molecule has 0 fully saturated rings. The highest BCUT2D eigenvalue weighted by Gasteiger charge is 2.25. The average molecular weight is 272 g/mol. The Morgan fingerprint density at radius 3 is 1.74 bits per heavy atom. The van der Waals surface area contributed by atoms with Gasteiger partial charge in [-0.15, -0.1) is 0 Å². The zero-order valence-corrected chi connectivity index (χ0v) is 13.9. The SMILES string of the molecule is CC(C)CCN(CCC(C)C)C(C)CC(C)(O)CN. The largest absolute Gasteiger partial charge is 0.389 e. The van der Waals surface area contributed by atoms with Crippen molar-refractivity contribution in [3.8, 4) is 0 Å². The highest BCUT2D eigenvalue weighted by Crippen LogP contribution is 2.17. The van der Waals surface area contributed by atoms with E-state index in [0.29, 0.717) is 12.6 Å². The summed E-state index contributed by atoms with van der Waals surface area (Å²) in [5, 5.41) is 10.1. The normalized spacial score (nSPS) is 17.2. The van der Waals surface area contributed by atoms with Crippen LogP contribution in [0.1, 0.15) is 60.8 Å². The van der Waals surface area contributed by atoms with Crippen molar-refractivity contribution >= 4 is 0 Å². The summed E-state index contributed by atoms with van der Waals surface area (Å²) in [4.78, 5) is 2.52. The molecule has 0 rings (SSSR count). The van der Waals surface area contributed by atoms with E-state index in [9.17, 15) is 5.11 Å². The Morgan fingerprint density at radius 2 is 1.42 bits per heavy atom. The smallest absolute Gasteiger partial charge is 0.0756 e. The summed E-state index contributed by atoms with van der Waals surface area (Å²) >= 11 is 0. The summed E-state index contributed by atoms with van der Waals surface area (Å²) in [5.41, 5.74) is 4.89. The molecule has 3 N–H and O–H groups in total. The van der Waals surface area contributed by atoms with Crippen LogP contribution in [0.2, 0.25) is 0 Å². The van der Waals surface area contributed by atoms with E-state index >= 15 is 0 Å². The number of aliphatic hydroxyl groups is 1. The first-order valence-corrected chi connectivity index (χ1v) is 7.84. The van der Waals surface area contributed by atoms with E-state index in [4.69, 9.17) is 5.73 Å². The monoisotopic (exact) mass is 272 g/mol. The molecule has 19 heavy (non-hydrogen) atoms.